The van der Waals surface area contributed by atoms with Gasteiger partial charge >= 0.3 is 6.09 Å². The third-order valence-electron chi connectivity index (χ3n) is 6.71. The number of rotatable bonds is 7. The van der Waals surface area contributed by atoms with Crippen molar-refractivity contribution in [2.45, 2.75) is 64.8 Å². The van der Waals surface area contributed by atoms with Crippen LogP contribution >= 0.6 is 0 Å². The van der Waals surface area contributed by atoms with Crippen molar-refractivity contribution < 1.29 is 38.7 Å². The minimum Gasteiger partial charge on any atom is -0.450 e. The summed E-state index contributed by atoms with van der Waals surface area (Å²) in [5, 5.41) is 17.5. The van der Waals surface area contributed by atoms with Gasteiger partial charge in [0.2, 0.25) is 23.6 Å². The second kappa shape index (κ2) is 16.8. The van der Waals surface area contributed by atoms with Crippen LogP contribution in [0.1, 0.15) is 58.8 Å². The molecular weight excluding hydrogens is 498 g/mol. The average Bonchev–Trinajstić information content (AvgIpc) is 2.90. The highest BCUT2D eigenvalue weighted by molar-refractivity contribution is 5.91. The minimum absolute atomic E-state index is 0.0577. The van der Waals surface area contributed by atoms with Crippen molar-refractivity contribution >= 4 is 29.7 Å². The molecule has 2 aliphatic heterocycles. The molecule has 5 N–H and O–H groups in total. The minimum atomic E-state index is -0.884. The average molecular weight is 542 g/mol. The first-order valence-corrected chi connectivity index (χ1v) is 13.5. The zero-order chi connectivity index (χ0) is 27.9. The second-order valence-corrected chi connectivity index (χ2v) is 10.1. The van der Waals surface area contributed by atoms with Crippen LogP contribution in [0.25, 0.3) is 0 Å². The Kier molecular flexibility index (Phi) is 13.8. The monoisotopic (exact) mass is 541 g/mol. The highest BCUT2D eigenvalue weighted by Gasteiger charge is 2.35. The highest BCUT2D eigenvalue weighted by atomic mass is 16.5. The summed E-state index contributed by atoms with van der Waals surface area (Å²) in [4.78, 5) is 65.0. The zero-order valence-electron chi connectivity index (χ0n) is 22.5. The number of carbonyl (C=O) groups excluding carboxylic acids is 5. The normalized spacial score (nSPS) is 24.2. The molecule has 0 saturated carbocycles. The molecule has 0 radical (unpaired) electrons. The molecule has 0 unspecified atom stereocenters. The summed E-state index contributed by atoms with van der Waals surface area (Å²) >= 11 is 0. The number of cyclic esters (lactones) is 1. The van der Waals surface area contributed by atoms with Crippen LogP contribution in [-0.4, -0.2) is 91.9 Å². The molecule has 2 aliphatic rings. The summed E-state index contributed by atoms with van der Waals surface area (Å²) in [7, 11) is 0. The lowest BCUT2D eigenvalue weighted by Crippen LogP contribution is -2.51. The van der Waals surface area contributed by atoms with Gasteiger partial charge in [0.1, 0.15) is 6.04 Å². The van der Waals surface area contributed by atoms with Crippen molar-refractivity contribution in [2.24, 2.45) is 17.8 Å². The Morgan fingerprint density at radius 1 is 1.05 bits per heavy atom. The predicted molar refractivity (Wildman–Crippen MR) is 136 cm³/mol. The Morgan fingerprint density at radius 2 is 1.79 bits per heavy atom. The van der Waals surface area contributed by atoms with Crippen LogP contribution in [0.4, 0.5) is 4.79 Å². The van der Waals surface area contributed by atoms with Gasteiger partial charge in [0.15, 0.2) is 0 Å². The summed E-state index contributed by atoms with van der Waals surface area (Å²) in [5.74, 6) is -3.29. The summed E-state index contributed by atoms with van der Waals surface area (Å²) in [5.41, 5.74) is 1.65. The van der Waals surface area contributed by atoms with E-state index in [0.717, 1.165) is 0 Å². The summed E-state index contributed by atoms with van der Waals surface area (Å²) < 4.78 is 10.4. The largest absolute Gasteiger partial charge is 0.450 e. The molecule has 2 rings (SSSR count). The Hall–Kier alpha value is -2.93. The standard InChI is InChI=1S/C25H43N5O8/c1-17(2)16-19-18(23(33)29-36)6-5-13-38-25(35)27-9-4-3-7-20(28-22(19)32)24(34)26-10-8-21(31)30-11-14-37-15-12-30/h17-20,36H,3-16H2,1-2H3,(H,26,34)(H,27,35)(H,28,32)(H,29,33)/t18-,19+,20-/m0/s1. The van der Waals surface area contributed by atoms with Gasteiger partial charge < -0.3 is 30.3 Å². The molecule has 3 atom stereocenters. The first-order chi connectivity index (χ1) is 18.2. The number of alkyl carbamates (subject to hydrolysis) is 1. The van der Waals surface area contributed by atoms with E-state index in [2.05, 4.69) is 16.0 Å². The van der Waals surface area contributed by atoms with Gasteiger partial charge in [-0.1, -0.05) is 13.8 Å². The van der Waals surface area contributed by atoms with Crippen molar-refractivity contribution in [2.75, 3.05) is 46.0 Å². The Labute approximate surface area is 223 Å². The van der Waals surface area contributed by atoms with E-state index in [-0.39, 0.29) is 37.8 Å². The number of hydrogen-bond donors (Lipinski definition) is 5. The fraction of sp³-hybridized carbons (Fsp3) is 0.800. The fourth-order valence-electron chi connectivity index (χ4n) is 4.68. The quantitative estimate of drug-likeness (QED) is 0.226. The molecule has 13 nitrogen and oxygen atoms in total. The molecule has 38 heavy (non-hydrogen) atoms. The molecule has 0 aliphatic carbocycles. The summed E-state index contributed by atoms with van der Waals surface area (Å²) in [6, 6.07) is -0.884. The second-order valence-electron chi connectivity index (χ2n) is 10.1. The first-order valence-electron chi connectivity index (χ1n) is 13.5. The Balaban J connectivity index is 2.12. The fourth-order valence-corrected chi connectivity index (χ4v) is 4.68. The summed E-state index contributed by atoms with van der Waals surface area (Å²) in [6.45, 7) is 6.39. The van der Waals surface area contributed by atoms with E-state index in [4.69, 9.17) is 9.47 Å². The van der Waals surface area contributed by atoms with E-state index >= 15 is 0 Å². The third kappa shape index (κ3) is 10.8. The van der Waals surface area contributed by atoms with Crippen LogP contribution in [0.2, 0.25) is 0 Å². The lowest BCUT2D eigenvalue weighted by Gasteiger charge is -2.28. The molecule has 0 aromatic rings. The van der Waals surface area contributed by atoms with Crippen molar-refractivity contribution in [3.63, 3.8) is 0 Å². The van der Waals surface area contributed by atoms with Gasteiger partial charge in [0.25, 0.3) is 0 Å². The molecule has 0 aromatic heterocycles. The molecule has 0 aromatic carbocycles. The molecule has 13 heteroatoms. The van der Waals surface area contributed by atoms with Crippen LogP contribution in [0.3, 0.4) is 0 Å². The number of carbonyl (C=O) groups is 5. The van der Waals surface area contributed by atoms with Crippen molar-refractivity contribution in [1.82, 2.24) is 26.3 Å². The Morgan fingerprint density at radius 3 is 2.47 bits per heavy atom. The van der Waals surface area contributed by atoms with Crippen LogP contribution in [0.15, 0.2) is 0 Å². The maximum absolute atomic E-state index is 13.5. The van der Waals surface area contributed by atoms with Crippen LogP contribution in [0.5, 0.6) is 0 Å². The highest BCUT2D eigenvalue weighted by Crippen LogP contribution is 2.26. The number of morpholine rings is 1. The maximum Gasteiger partial charge on any atom is 0.407 e. The lowest BCUT2D eigenvalue weighted by atomic mass is 9.81. The van der Waals surface area contributed by atoms with E-state index < -0.39 is 41.7 Å². The van der Waals surface area contributed by atoms with E-state index in [1.165, 1.54) is 0 Å². The van der Waals surface area contributed by atoms with E-state index in [9.17, 15) is 29.2 Å². The molecule has 0 spiro atoms. The maximum atomic E-state index is 13.5. The SMILES string of the molecule is CC(C)C[C@H]1C(=O)N[C@H](C(=O)NCCC(=O)N2CCOCC2)CCCCNC(=O)OCCC[C@@H]1C(=O)NO. The molecule has 2 heterocycles. The van der Waals surface area contributed by atoms with Crippen molar-refractivity contribution in [3.8, 4) is 0 Å². The molecule has 216 valence electrons. The number of nitrogens with one attached hydrogen (secondary N) is 4. The van der Waals surface area contributed by atoms with E-state index in [1.54, 1.807) is 10.4 Å². The number of hydrogen-bond acceptors (Lipinski definition) is 8. The van der Waals surface area contributed by atoms with Gasteiger partial charge in [-0.15, -0.1) is 0 Å². The van der Waals surface area contributed by atoms with Crippen molar-refractivity contribution in [1.29, 1.82) is 0 Å². The lowest BCUT2D eigenvalue weighted by molar-refractivity contribution is -0.142. The van der Waals surface area contributed by atoms with Crippen LogP contribution < -0.4 is 21.4 Å². The number of ether oxygens (including phenoxy) is 2. The number of amides is 5. The molecule has 2 saturated heterocycles. The predicted octanol–water partition coefficient (Wildman–Crippen LogP) is 0.311. The third-order valence-corrected chi connectivity index (χ3v) is 6.71. The van der Waals surface area contributed by atoms with Crippen LogP contribution in [-0.2, 0) is 28.7 Å². The van der Waals surface area contributed by atoms with Gasteiger partial charge in [0, 0.05) is 38.5 Å². The number of nitrogens with zero attached hydrogens (tertiary/aromatic N) is 1. The zero-order valence-corrected chi connectivity index (χ0v) is 22.5. The number of hydroxylamine groups is 1. The molecular formula is C25H43N5O8. The topological polar surface area (TPSA) is 175 Å². The van der Waals surface area contributed by atoms with Gasteiger partial charge in [0.05, 0.1) is 25.7 Å². The van der Waals surface area contributed by atoms with Crippen LogP contribution in [0, 0.1) is 17.8 Å². The van der Waals surface area contributed by atoms with Gasteiger partial charge in [-0.05, 0) is 44.4 Å². The van der Waals surface area contributed by atoms with Crippen molar-refractivity contribution in [3.05, 3.63) is 0 Å². The van der Waals surface area contributed by atoms with E-state index in [1.807, 2.05) is 13.8 Å². The van der Waals surface area contributed by atoms with E-state index in [0.29, 0.717) is 65.0 Å². The molecule has 5 amide bonds. The van der Waals surface area contributed by atoms with Gasteiger partial charge in [-0.25, -0.2) is 10.3 Å². The van der Waals surface area contributed by atoms with Gasteiger partial charge in [-0.3, -0.25) is 24.4 Å². The summed E-state index contributed by atoms with van der Waals surface area (Å²) in [6.07, 6.45) is 1.82. The van der Waals surface area contributed by atoms with Gasteiger partial charge in [-0.2, -0.15) is 0 Å². The molecule has 2 fully saturated rings. The molecule has 0 bridgehead atoms. The smallest absolute Gasteiger partial charge is 0.407 e. The Bertz CT molecular complexity index is 803. The first kappa shape index (κ1) is 31.3.